The first kappa shape index (κ1) is 41.6. The van der Waals surface area contributed by atoms with E-state index in [1.165, 1.54) is 9.14 Å². The molecule has 12 heteroatoms. The molecular formula is C40H51BrO10Sn. The first-order chi connectivity index (χ1) is 25.1. The molecule has 0 aromatic heterocycles. The predicted octanol–water partition coefficient (Wildman–Crippen LogP) is 8.30. The minimum absolute atomic E-state index is 0.0218. The molecule has 4 aromatic rings. The molecule has 4 rings (SSSR count). The van der Waals surface area contributed by atoms with E-state index >= 15 is 0 Å². The van der Waals surface area contributed by atoms with Crippen molar-refractivity contribution in [2.75, 3.05) is 62.7 Å². The van der Waals surface area contributed by atoms with Crippen LogP contribution in [0.4, 0.5) is 0 Å². The Balaban J connectivity index is 1.57. The van der Waals surface area contributed by atoms with Crippen molar-refractivity contribution in [3.8, 4) is 40.2 Å². The van der Waals surface area contributed by atoms with Gasteiger partial charge in [0.05, 0.1) is 7.11 Å². The number of aryl methyl sites for hydroxylation is 4. The van der Waals surface area contributed by atoms with Crippen LogP contribution in [0.3, 0.4) is 0 Å². The standard InChI is InChI=1S/C37H42BrO10.3CH3.Sn/c1-39-22-44-31-8-6-7-27(17-31)9-10-28-18-35(46-24-41-3)37(47-25-42-4)36(19-28)48-30-15-12-26(13-16-30)11-14-29-20-33(43-5)34(21-32(29)38)45-23-40-2;;;;/h6,8,12-13,15-21H,9-11,14,22-25H2,1-5H3;3*1H3;. The number of hydrogen-bond acceptors (Lipinski definition) is 10. The summed E-state index contributed by atoms with van der Waals surface area (Å²) in [5.74, 6) is 4.20. The van der Waals surface area contributed by atoms with Crippen molar-refractivity contribution < 1.29 is 47.4 Å². The molecule has 0 saturated carbocycles. The van der Waals surface area contributed by atoms with Crippen molar-refractivity contribution in [1.82, 2.24) is 0 Å². The van der Waals surface area contributed by atoms with Gasteiger partial charge in [-0.25, -0.2) is 0 Å². The van der Waals surface area contributed by atoms with Crippen LogP contribution in [0.2, 0.25) is 14.8 Å². The van der Waals surface area contributed by atoms with Crippen molar-refractivity contribution in [3.63, 3.8) is 0 Å². The van der Waals surface area contributed by atoms with Crippen LogP contribution in [0.5, 0.6) is 40.2 Å². The molecular weight excluding hydrogens is 839 g/mol. The Kier molecular flexibility index (Phi) is 16.7. The van der Waals surface area contributed by atoms with Gasteiger partial charge in [-0.2, -0.15) is 0 Å². The van der Waals surface area contributed by atoms with Gasteiger partial charge in [-0.3, -0.25) is 0 Å². The Labute approximate surface area is 320 Å². The van der Waals surface area contributed by atoms with Gasteiger partial charge in [-0.05, 0) is 30.5 Å². The molecule has 0 spiro atoms. The third-order valence-corrected chi connectivity index (χ3v) is 14.9. The Hall–Kier alpha value is -3.20. The fourth-order valence-electron chi connectivity index (χ4n) is 5.64. The Bertz CT molecular complexity index is 1710. The van der Waals surface area contributed by atoms with E-state index in [9.17, 15) is 0 Å². The summed E-state index contributed by atoms with van der Waals surface area (Å²) in [7, 11) is 7.99. The summed E-state index contributed by atoms with van der Waals surface area (Å²) in [6, 6.07) is 22.4. The molecule has 0 unspecified atom stereocenters. The molecule has 10 nitrogen and oxygen atoms in total. The van der Waals surface area contributed by atoms with Crippen LogP contribution in [0.1, 0.15) is 22.3 Å². The van der Waals surface area contributed by atoms with Crippen LogP contribution in [0.25, 0.3) is 0 Å². The predicted molar refractivity (Wildman–Crippen MR) is 208 cm³/mol. The van der Waals surface area contributed by atoms with Gasteiger partial charge in [0.15, 0.2) is 18.3 Å². The summed E-state index contributed by atoms with van der Waals surface area (Å²) >= 11 is 1.24. The minimum atomic E-state index is -2.44. The van der Waals surface area contributed by atoms with E-state index in [-0.39, 0.29) is 27.2 Å². The average Bonchev–Trinajstić information content (AvgIpc) is 3.13. The fourth-order valence-corrected chi connectivity index (χ4v) is 11.1. The van der Waals surface area contributed by atoms with Crippen molar-refractivity contribution >= 4 is 37.9 Å². The zero-order chi connectivity index (χ0) is 37.5. The Morgan fingerprint density at radius 3 is 1.73 bits per heavy atom. The molecule has 0 bridgehead atoms. The van der Waals surface area contributed by atoms with Crippen LogP contribution >= 0.6 is 15.9 Å². The molecule has 52 heavy (non-hydrogen) atoms. The summed E-state index contributed by atoms with van der Waals surface area (Å²) in [6.45, 7) is 0.415. The van der Waals surface area contributed by atoms with E-state index in [1.807, 2.05) is 42.5 Å². The van der Waals surface area contributed by atoms with Gasteiger partial charge in [0, 0.05) is 11.6 Å². The molecule has 0 amide bonds. The number of benzene rings is 4. The molecule has 4 aromatic carbocycles. The molecule has 0 aliphatic heterocycles. The zero-order valence-corrected chi connectivity index (χ0v) is 35.9. The number of methoxy groups -OCH3 is 5. The van der Waals surface area contributed by atoms with Crippen LogP contribution in [-0.2, 0) is 44.6 Å². The van der Waals surface area contributed by atoms with E-state index in [0.717, 1.165) is 52.6 Å². The van der Waals surface area contributed by atoms with Crippen LogP contribution in [-0.4, -0.2) is 81.1 Å². The first-order valence-electron chi connectivity index (χ1n) is 17.0. The van der Waals surface area contributed by atoms with E-state index in [4.69, 9.17) is 47.4 Å². The molecule has 0 heterocycles. The van der Waals surface area contributed by atoms with E-state index in [0.29, 0.717) is 34.5 Å². The van der Waals surface area contributed by atoms with Gasteiger partial charge in [-0.15, -0.1) is 0 Å². The molecule has 0 saturated heterocycles. The third kappa shape index (κ3) is 12.2. The van der Waals surface area contributed by atoms with Gasteiger partial charge in [0.25, 0.3) is 0 Å². The summed E-state index contributed by atoms with van der Waals surface area (Å²) < 4.78 is 58.6. The number of rotatable bonds is 22. The zero-order valence-electron chi connectivity index (χ0n) is 31.5. The topological polar surface area (TPSA) is 92.3 Å². The Morgan fingerprint density at radius 2 is 1.08 bits per heavy atom. The third-order valence-electron chi connectivity index (χ3n) is 8.14. The van der Waals surface area contributed by atoms with E-state index < -0.39 is 18.4 Å². The van der Waals surface area contributed by atoms with Crippen molar-refractivity contribution in [2.45, 2.75) is 40.5 Å². The van der Waals surface area contributed by atoms with Crippen molar-refractivity contribution in [1.29, 1.82) is 0 Å². The second-order valence-corrected chi connectivity index (χ2v) is 28.3. The van der Waals surface area contributed by atoms with Crippen LogP contribution in [0.15, 0.2) is 71.2 Å². The van der Waals surface area contributed by atoms with Gasteiger partial charge in [-0.1, -0.05) is 15.9 Å². The average molecular weight is 890 g/mol. The summed E-state index contributed by atoms with van der Waals surface area (Å²) in [6.07, 6.45) is 3.16. The molecule has 0 fully saturated rings. The maximum absolute atomic E-state index is 6.50. The van der Waals surface area contributed by atoms with Gasteiger partial charge in [0.2, 0.25) is 0 Å². The fraction of sp³-hybridized carbons (Fsp3) is 0.400. The monoisotopic (exact) mass is 890 g/mol. The molecule has 0 atom stereocenters. The molecule has 0 aliphatic rings. The molecule has 0 radical (unpaired) electrons. The second-order valence-electron chi connectivity index (χ2n) is 13.0. The maximum atomic E-state index is 6.50. The molecule has 282 valence electrons. The SMILES string of the molecule is COCOc1cc[c]([Sn]([CH3])([CH3])[CH3])c(CCc2cc(OCOC)c(OCOC)c(Oc3ccc(CCc4cc(OC)c(OCOC)cc4Br)cc3)c2)c1. The molecule has 0 N–H and O–H groups in total. The normalized spacial score (nSPS) is 11.3. The summed E-state index contributed by atoms with van der Waals surface area (Å²) in [5.41, 5.74) is 4.58. The number of ether oxygens (including phenoxy) is 10. The number of halogens is 1. The van der Waals surface area contributed by atoms with Crippen molar-refractivity contribution in [2.24, 2.45) is 0 Å². The Morgan fingerprint density at radius 1 is 0.500 bits per heavy atom. The quantitative estimate of drug-likeness (QED) is 0.0568. The van der Waals surface area contributed by atoms with Crippen molar-refractivity contribution in [3.05, 3.63) is 93.5 Å². The van der Waals surface area contributed by atoms with Crippen LogP contribution in [0, 0.1) is 0 Å². The summed E-state index contributed by atoms with van der Waals surface area (Å²) in [4.78, 5) is 7.27. The second kappa shape index (κ2) is 20.9. The van der Waals surface area contributed by atoms with Crippen LogP contribution < -0.4 is 32.0 Å². The van der Waals surface area contributed by atoms with Gasteiger partial charge in [0.1, 0.15) is 0 Å². The summed E-state index contributed by atoms with van der Waals surface area (Å²) in [5, 5.41) is 0. The number of hydrogen-bond donors (Lipinski definition) is 0. The first-order valence-corrected chi connectivity index (χ1v) is 27.8. The van der Waals surface area contributed by atoms with E-state index in [1.54, 1.807) is 35.5 Å². The van der Waals surface area contributed by atoms with E-state index in [2.05, 4.69) is 55.0 Å². The van der Waals surface area contributed by atoms with Gasteiger partial charge < -0.3 is 14.2 Å². The van der Waals surface area contributed by atoms with Gasteiger partial charge >= 0.3 is 225 Å². The molecule has 0 aliphatic carbocycles.